The molecule has 0 amide bonds. The Morgan fingerprint density at radius 3 is 2.52 bits per heavy atom. The summed E-state index contributed by atoms with van der Waals surface area (Å²) in [6, 6.07) is 12.3. The molecule has 1 unspecified atom stereocenters. The van der Waals surface area contributed by atoms with Gasteiger partial charge < -0.3 is 9.47 Å². The van der Waals surface area contributed by atoms with Crippen molar-refractivity contribution < 1.29 is 9.47 Å². The van der Waals surface area contributed by atoms with E-state index in [1.54, 1.807) is 7.11 Å². The standard InChI is InChI=1S/C20H19NO2/c1-11-12(2)18-16(21-13(11)3)10-9-15-14-7-5-6-8-17(14)23-20(22-4)19(15)18/h5-10,20H,1-4H3. The summed E-state index contributed by atoms with van der Waals surface area (Å²) >= 11 is 0. The van der Waals surface area contributed by atoms with Crippen LogP contribution >= 0.6 is 0 Å². The number of ether oxygens (including phenoxy) is 2. The third kappa shape index (κ3) is 1.97. The monoisotopic (exact) mass is 305 g/mol. The molecule has 4 rings (SSSR count). The van der Waals surface area contributed by atoms with Crippen LogP contribution in [0.2, 0.25) is 0 Å². The second-order valence-electron chi connectivity index (χ2n) is 6.05. The van der Waals surface area contributed by atoms with Gasteiger partial charge in [-0.05, 0) is 49.6 Å². The van der Waals surface area contributed by atoms with E-state index >= 15 is 0 Å². The van der Waals surface area contributed by atoms with E-state index in [9.17, 15) is 0 Å². The Hall–Kier alpha value is -2.39. The Balaban J connectivity index is 2.15. The van der Waals surface area contributed by atoms with Crippen molar-refractivity contribution in [3.63, 3.8) is 0 Å². The van der Waals surface area contributed by atoms with Gasteiger partial charge in [0.05, 0.1) is 5.52 Å². The third-order valence-corrected chi connectivity index (χ3v) is 4.85. The highest BCUT2D eigenvalue weighted by atomic mass is 16.7. The van der Waals surface area contributed by atoms with Gasteiger partial charge in [0.2, 0.25) is 6.29 Å². The fraction of sp³-hybridized carbons (Fsp3) is 0.250. The van der Waals surface area contributed by atoms with Crippen molar-refractivity contribution in [2.75, 3.05) is 7.11 Å². The molecule has 3 nitrogen and oxygen atoms in total. The van der Waals surface area contributed by atoms with Crippen LogP contribution in [0.4, 0.5) is 0 Å². The number of benzene rings is 2. The molecule has 0 saturated heterocycles. The minimum Gasteiger partial charge on any atom is -0.460 e. The van der Waals surface area contributed by atoms with Crippen LogP contribution in [0, 0.1) is 20.8 Å². The summed E-state index contributed by atoms with van der Waals surface area (Å²) in [5.41, 5.74) is 7.89. The van der Waals surface area contributed by atoms with Crippen LogP contribution in [0.3, 0.4) is 0 Å². The average Bonchev–Trinajstić information content (AvgIpc) is 2.58. The van der Waals surface area contributed by atoms with Crippen LogP contribution in [0.15, 0.2) is 36.4 Å². The highest BCUT2D eigenvalue weighted by Gasteiger charge is 2.29. The number of fused-ring (bicyclic) bond motifs is 5. The van der Waals surface area contributed by atoms with E-state index in [0.717, 1.165) is 33.5 Å². The predicted molar refractivity (Wildman–Crippen MR) is 91.8 cm³/mol. The molecular weight excluding hydrogens is 286 g/mol. The Morgan fingerprint density at radius 2 is 1.74 bits per heavy atom. The number of methoxy groups -OCH3 is 1. The Bertz CT molecular complexity index is 931. The fourth-order valence-electron chi connectivity index (χ4n) is 3.43. The summed E-state index contributed by atoms with van der Waals surface area (Å²) in [6.45, 7) is 6.33. The average molecular weight is 305 g/mol. The maximum absolute atomic E-state index is 6.09. The highest BCUT2D eigenvalue weighted by molar-refractivity contribution is 5.94. The molecule has 0 saturated carbocycles. The normalized spacial score (nSPS) is 15.9. The summed E-state index contributed by atoms with van der Waals surface area (Å²) in [5.74, 6) is 0.862. The molecule has 1 atom stereocenters. The van der Waals surface area contributed by atoms with Crippen LogP contribution in [0.1, 0.15) is 28.7 Å². The maximum Gasteiger partial charge on any atom is 0.227 e. The topological polar surface area (TPSA) is 31.4 Å². The molecule has 116 valence electrons. The minimum atomic E-state index is -0.411. The number of nitrogens with zero attached hydrogens (tertiary/aromatic N) is 1. The molecular formula is C20H19NO2. The molecule has 0 aliphatic carbocycles. The summed E-state index contributed by atoms with van der Waals surface area (Å²) in [5, 5.41) is 1.15. The summed E-state index contributed by atoms with van der Waals surface area (Å²) < 4.78 is 11.7. The number of pyridine rings is 1. The molecule has 3 heteroatoms. The number of para-hydroxylation sites is 1. The zero-order valence-electron chi connectivity index (χ0n) is 13.8. The van der Waals surface area contributed by atoms with Gasteiger partial charge in [-0.3, -0.25) is 4.98 Å². The van der Waals surface area contributed by atoms with E-state index in [4.69, 9.17) is 14.5 Å². The van der Waals surface area contributed by atoms with Gasteiger partial charge in [0, 0.05) is 29.3 Å². The highest BCUT2D eigenvalue weighted by Crippen LogP contribution is 2.46. The van der Waals surface area contributed by atoms with Crippen LogP contribution in [0.25, 0.3) is 22.0 Å². The maximum atomic E-state index is 6.09. The smallest absolute Gasteiger partial charge is 0.227 e. The van der Waals surface area contributed by atoms with Crippen LogP contribution in [-0.2, 0) is 4.74 Å². The Morgan fingerprint density at radius 1 is 0.957 bits per heavy atom. The first-order chi connectivity index (χ1) is 11.1. The molecule has 23 heavy (non-hydrogen) atoms. The minimum absolute atomic E-state index is 0.411. The number of hydrogen-bond donors (Lipinski definition) is 0. The molecule has 0 fully saturated rings. The molecule has 0 spiro atoms. The first kappa shape index (κ1) is 14.2. The first-order valence-corrected chi connectivity index (χ1v) is 7.81. The quantitative estimate of drug-likeness (QED) is 0.643. The lowest BCUT2D eigenvalue weighted by Crippen LogP contribution is -2.17. The van der Waals surface area contributed by atoms with Gasteiger partial charge in [-0.25, -0.2) is 0 Å². The van der Waals surface area contributed by atoms with E-state index in [0.29, 0.717) is 0 Å². The van der Waals surface area contributed by atoms with E-state index in [1.807, 2.05) is 18.2 Å². The van der Waals surface area contributed by atoms with Crippen molar-refractivity contribution >= 4 is 10.9 Å². The summed E-state index contributed by atoms with van der Waals surface area (Å²) in [6.07, 6.45) is -0.411. The number of rotatable bonds is 1. The van der Waals surface area contributed by atoms with E-state index in [2.05, 4.69) is 39.0 Å². The molecule has 1 aromatic heterocycles. The van der Waals surface area contributed by atoms with Crippen LogP contribution in [0.5, 0.6) is 5.75 Å². The van der Waals surface area contributed by atoms with Gasteiger partial charge >= 0.3 is 0 Å². The molecule has 0 bridgehead atoms. The SMILES string of the molecule is COC1Oc2ccccc2-c2ccc3nc(C)c(C)c(C)c3c21. The Kier molecular flexibility index (Phi) is 3.13. The molecule has 2 heterocycles. The van der Waals surface area contributed by atoms with Crippen molar-refractivity contribution in [3.8, 4) is 16.9 Å². The third-order valence-electron chi connectivity index (χ3n) is 4.85. The van der Waals surface area contributed by atoms with Gasteiger partial charge in [0.1, 0.15) is 5.75 Å². The number of hydrogen-bond acceptors (Lipinski definition) is 3. The zero-order chi connectivity index (χ0) is 16.1. The van der Waals surface area contributed by atoms with Crippen molar-refractivity contribution in [1.29, 1.82) is 0 Å². The second-order valence-corrected chi connectivity index (χ2v) is 6.05. The Labute approximate surface area is 135 Å². The lowest BCUT2D eigenvalue weighted by atomic mass is 9.90. The number of aromatic nitrogens is 1. The van der Waals surface area contributed by atoms with Crippen molar-refractivity contribution in [2.45, 2.75) is 27.1 Å². The molecule has 0 N–H and O–H groups in total. The second kappa shape index (κ2) is 5.07. The molecule has 1 aliphatic heterocycles. The van der Waals surface area contributed by atoms with Gasteiger partial charge in [-0.2, -0.15) is 0 Å². The van der Waals surface area contributed by atoms with Gasteiger partial charge in [0.25, 0.3) is 0 Å². The molecule has 3 aromatic rings. The van der Waals surface area contributed by atoms with Gasteiger partial charge in [-0.15, -0.1) is 0 Å². The van der Waals surface area contributed by atoms with Crippen molar-refractivity contribution in [3.05, 3.63) is 58.8 Å². The molecule has 1 aliphatic rings. The summed E-state index contributed by atoms with van der Waals surface area (Å²) in [7, 11) is 1.69. The largest absolute Gasteiger partial charge is 0.460 e. The van der Waals surface area contributed by atoms with Crippen molar-refractivity contribution in [2.24, 2.45) is 0 Å². The van der Waals surface area contributed by atoms with E-state index in [1.165, 1.54) is 16.7 Å². The van der Waals surface area contributed by atoms with Crippen LogP contribution < -0.4 is 4.74 Å². The predicted octanol–water partition coefficient (Wildman–Crippen LogP) is 4.86. The van der Waals surface area contributed by atoms with Gasteiger partial charge in [0.15, 0.2) is 0 Å². The number of aryl methyl sites for hydroxylation is 2. The van der Waals surface area contributed by atoms with Crippen molar-refractivity contribution in [1.82, 2.24) is 4.98 Å². The zero-order valence-corrected chi connectivity index (χ0v) is 13.8. The summed E-state index contributed by atoms with van der Waals surface area (Å²) in [4.78, 5) is 4.76. The van der Waals surface area contributed by atoms with E-state index in [-0.39, 0.29) is 0 Å². The fourth-order valence-corrected chi connectivity index (χ4v) is 3.43. The lowest BCUT2D eigenvalue weighted by molar-refractivity contribution is -0.0567. The van der Waals surface area contributed by atoms with Gasteiger partial charge in [-0.1, -0.05) is 24.3 Å². The molecule has 0 radical (unpaired) electrons. The molecule has 2 aromatic carbocycles. The lowest BCUT2D eigenvalue weighted by Gasteiger charge is -2.29. The van der Waals surface area contributed by atoms with Crippen LogP contribution in [-0.4, -0.2) is 12.1 Å². The van der Waals surface area contributed by atoms with E-state index < -0.39 is 6.29 Å². The first-order valence-electron chi connectivity index (χ1n) is 7.81.